The van der Waals surface area contributed by atoms with Gasteiger partial charge in [0.05, 0.1) is 20.6 Å². The molecule has 1 aromatic carbocycles. The second-order valence-electron chi connectivity index (χ2n) is 6.55. The number of allylic oxidation sites excluding steroid dienone is 6. The van der Waals surface area contributed by atoms with Crippen LogP contribution in [0.1, 0.15) is 25.3 Å². The lowest BCUT2D eigenvalue weighted by Gasteiger charge is -2.18. The van der Waals surface area contributed by atoms with Crippen molar-refractivity contribution >= 4 is 12.0 Å². The van der Waals surface area contributed by atoms with E-state index in [1.807, 2.05) is 13.0 Å². The average molecular weight is 372 g/mol. The SMILES string of the molecule is COc1cc(/C=C2\C3=CC=C(F)CC3C(CC(=O)O)=C2C)cc(OC)c1O. The van der Waals surface area contributed by atoms with Gasteiger partial charge in [0.25, 0.3) is 0 Å². The summed E-state index contributed by atoms with van der Waals surface area (Å²) in [6.45, 7) is 1.86. The van der Waals surface area contributed by atoms with Gasteiger partial charge in [-0.05, 0) is 59.1 Å². The van der Waals surface area contributed by atoms with Gasteiger partial charge in [-0.25, -0.2) is 4.39 Å². The Morgan fingerprint density at radius 2 is 1.89 bits per heavy atom. The van der Waals surface area contributed by atoms with Crippen LogP contribution in [0.2, 0.25) is 0 Å². The van der Waals surface area contributed by atoms with Crippen molar-refractivity contribution < 1.29 is 28.9 Å². The van der Waals surface area contributed by atoms with Crippen LogP contribution >= 0.6 is 0 Å². The molecule has 0 aromatic heterocycles. The molecule has 5 nitrogen and oxygen atoms in total. The van der Waals surface area contributed by atoms with Crippen LogP contribution in [-0.2, 0) is 4.79 Å². The molecule has 3 rings (SSSR count). The van der Waals surface area contributed by atoms with Crippen LogP contribution in [0.4, 0.5) is 4.39 Å². The van der Waals surface area contributed by atoms with Gasteiger partial charge in [-0.1, -0.05) is 6.08 Å². The minimum atomic E-state index is -0.937. The van der Waals surface area contributed by atoms with Crippen LogP contribution in [0.15, 0.2) is 52.4 Å². The highest BCUT2D eigenvalue weighted by molar-refractivity contribution is 5.78. The van der Waals surface area contributed by atoms with E-state index in [-0.39, 0.29) is 41.8 Å². The first kappa shape index (κ1) is 18.8. The van der Waals surface area contributed by atoms with Gasteiger partial charge in [-0.3, -0.25) is 4.79 Å². The molecule has 1 atom stereocenters. The zero-order chi connectivity index (χ0) is 19.7. The number of aromatic hydroxyl groups is 1. The molecule has 0 amide bonds. The van der Waals surface area contributed by atoms with E-state index in [4.69, 9.17) is 9.47 Å². The maximum absolute atomic E-state index is 13.8. The monoisotopic (exact) mass is 372 g/mol. The van der Waals surface area contributed by atoms with Gasteiger partial charge in [-0.15, -0.1) is 0 Å². The summed E-state index contributed by atoms with van der Waals surface area (Å²) < 4.78 is 24.2. The summed E-state index contributed by atoms with van der Waals surface area (Å²) in [6.07, 6.45) is 5.06. The van der Waals surface area contributed by atoms with Crippen LogP contribution in [0.3, 0.4) is 0 Å². The predicted octanol–water partition coefficient (Wildman–Crippen LogP) is 4.40. The van der Waals surface area contributed by atoms with Gasteiger partial charge in [0.15, 0.2) is 11.5 Å². The third kappa shape index (κ3) is 3.47. The van der Waals surface area contributed by atoms with E-state index >= 15 is 0 Å². The van der Waals surface area contributed by atoms with Crippen molar-refractivity contribution in [2.45, 2.75) is 19.8 Å². The minimum Gasteiger partial charge on any atom is -0.502 e. The molecule has 2 N–H and O–H groups in total. The van der Waals surface area contributed by atoms with E-state index in [9.17, 15) is 19.4 Å². The molecule has 0 fully saturated rings. The summed E-state index contributed by atoms with van der Waals surface area (Å²) in [5, 5.41) is 19.3. The Morgan fingerprint density at radius 3 is 2.44 bits per heavy atom. The summed E-state index contributed by atoms with van der Waals surface area (Å²) in [7, 11) is 2.90. The number of halogens is 1. The van der Waals surface area contributed by atoms with Crippen molar-refractivity contribution in [3.05, 3.63) is 58.0 Å². The standard InChI is InChI=1S/C21H21FO5/c1-11-15(6-12-7-18(26-2)21(25)19(8-12)27-3)14-5-4-13(22)9-17(14)16(11)10-20(23)24/h4-8,17,25H,9-10H2,1-3H3,(H,23,24)/b15-6-. The van der Waals surface area contributed by atoms with Gasteiger partial charge in [0, 0.05) is 12.3 Å². The summed E-state index contributed by atoms with van der Waals surface area (Å²) in [5.41, 5.74) is 4.04. The Kier molecular flexibility index (Phi) is 5.08. The molecule has 1 unspecified atom stereocenters. The molecule has 2 aliphatic rings. The van der Waals surface area contributed by atoms with Crippen molar-refractivity contribution in [1.82, 2.24) is 0 Å². The van der Waals surface area contributed by atoms with Crippen LogP contribution in [0.5, 0.6) is 17.2 Å². The quantitative estimate of drug-likeness (QED) is 0.801. The number of carbonyl (C=O) groups is 1. The first-order valence-corrected chi connectivity index (χ1v) is 8.50. The van der Waals surface area contributed by atoms with Crippen LogP contribution in [0, 0.1) is 5.92 Å². The smallest absolute Gasteiger partial charge is 0.307 e. The number of methoxy groups -OCH3 is 2. The summed E-state index contributed by atoms with van der Waals surface area (Å²) >= 11 is 0. The first-order valence-electron chi connectivity index (χ1n) is 8.50. The number of hydrogen-bond acceptors (Lipinski definition) is 4. The van der Waals surface area contributed by atoms with Crippen LogP contribution in [-0.4, -0.2) is 30.4 Å². The van der Waals surface area contributed by atoms with Gasteiger partial charge in [-0.2, -0.15) is 0 Å². The maximum atomic E-state index is 13.8. The van der Waals surface area contributed by atoms with Gasteiger partial charge in [0.2, 0.25) is 5.75 Å². The summed E-state index contributed by atoms with van der Waals surface area (Å²) in [5.74, 6) is -1.01. The second kappa shape index (κ2) is 7.31. The molecule has 1 aromatic rings. The van der Waals surface area contributed by atoms with E-state index in [0.29, 0.717) is 0 Å². The predicted molar refractivity (Wildman–Crippen MR) is 99.5 cm³/mol. The number of aliphatic carboxylic acids is 1. The number of phenolic OH excluding ortho intramolecular Hbond substituents is 1. The molecule has 142 valence electrons. The lowest BCUT2D eigenvalue weighted by atomic mass is 9.86. The fraction of sp³-hybridized carbons (Fsp3) is 0.286. The molecule has 0 radical (unpaired) electrons. The van der Waals surface area contributed by atoms with Crippen molar-refractivity contribution in [2.75, 3.05) is 14.2 Å². The Morgan fingerprint density at radius 1 is 1.26 bits per heavy atom. The van der Waals surface area contributed by atoms with Crippen LogP contribution in [0.25, 0.3) is 6.08 Å². The molecule has 27 heavy (non-hydrogen) atoms. The highest BCUT2D eigenvalue weighted by atomic mass is 19.1. The van der Waals surface area contributed by atoms with E-state index in [1.165, 1.54) is 20.3 Å². The Bertz CT molecular complexity index is 895. The number of carboxylic acid groups (broad SMARTS) is 1. The number of hydrogen-bond donors (Lipinski definition) is 2. The molecule has 0 bridgehead atoms. The minimum absolute atomic E-state index is 0.0906. The lowest BCUT2D eigenvalue weighted by molar-refractivity contribution is -0.136. The molecule has 0 aliphatic heterocycles. The van der Waals surface area contributed by atoms with E-state index in [0.717, 1.165) is 27.9 Å². The van der Waals surface area contributed by atoms with Gasteiger partial charge < -0.3 is 19.7 Å². The number of phenols is 1. The normalized spacial score (nSPS) is 20.3. The van der Waals surface area contributed by atoms with E-state index in [1.54, 1.807) is 18.2 Å². The summed E-state index contributed by atoms with van der Waals surface area (Å²) in [4.78, 5) is 11.3. The fourth-order valence-electron chi connectivity index (χ4n) is 3.68. The topological polar surface area (TPSA) is 76.0 Å². The van der Waals surface area contributed by atoms with Crippen molar-refractivity contribution in [3.63, 3.8) is 0 Å². The zero-order valence-electron chi connectivity index (χ0n) is 15.4. The Hall–Kier alpha value is -3.02. The molecule has 0 saturated carbocycles. The highest BCUT2D eigenvalue weighted by Crippen LogP contribution is 2.48. The molecular formula is C21H21FO5. The first-order chi connectivity index (χ1) is 12.8. The second-order valence-corrected chi connectivity index (χ2v) is 6.55. The Labute approximate surface area is 156 Å². The summed E-state index contributed by atoms with van der Waals surface area (Å²) in [6, 6.07) is 3.34. The van der Waals surface area contributed by atoms with E-state index in [2.05, 4.69) is 0 Å². The molecule has 2 aliphatic carbocycles. The van der Waals surface area contributed by atoms with Crippen molar-refractivity contribution in [2.24, 2.45) is 5.92 Å². The van der Waals surface area contributed by atoms with Crippen LogP contribution < -0.4 is 9.47 Å². The lowest BCUT2D eigenvalue weighted by Crippen LogP contribution is -2.09. The number of rotatable bonds is 5. The highest BCUT2D eigenvalue weighted by Gasteiger charge is 2.35. The fourth-order valence-corrected chi connectivity index (χ4v) is 3.68. The van der Waals surface area contributed by atoms with Crippen molar-refractivity contribution in [3.8, 4) is 17.2 Å². The third-order valence-corrected chi connectivity index (χ3v) is 4.99. The zero-order valence-corrected chi connectivity index (χ0v) is 15.4. The van der Waals surface area contributed by atoms with Gasteiger partial charge >= 0.3 is 5.97 Å². The molecule has 0 heterocycles. The maximum Gasteiger partial charge on any atom is 0.307 e. The molecule has 6 heteroatoms. The molecule has 0 spiro atoms. The largest absolute Gasteiger partial charge is 0.502 e. The average Bonchev–Trinajstić information content (AvgIpc) is 2.87. The number of benzene rings is 1. The molecular weight excluding hydrogens is 351 g/mol. The van der Waals surface area contributed by atoms with Gasteiger partial charge in [0.1, 0.15) is 5.83 Å². The number of carboxylic acids is 1. The number of ether oxygens (including phenoxy) is 2. The van der Waals surface area contributed by atoms with E-state index < -0.39 is 5.97 Å². The Balaban J connectivity index is 2.14. The third-order valence-electron chi connectivity index (χ3n) is 4.99. The number of fused-ring (bicyclic) bond motifs is 1. The molecule has 0 saturated heterocycles. The van der Waals surface area contributed by atoms with Crippen molar-refractivity contribution in [1.29, 1.82) is 0 Å².